The van der Waals surface area contributed by atoms with Crippen molar-refractivity contribution in [2.75, 3.05) is 0 Å². The number of aromatic nitrogens is 1. The molecule has 0 aliphatic heterocycles. The van der Waals surface area contributed by atoms with Crippen molar-refractivity contribution in [3.05, 3.63) is 30.1 Å². The Hall–Kier alpha value is -0.890. The van der Waals surface area contributed by atoms with E-state index in [9.17, 15) is 5.11 Å². The lowest BCUT2D eigenvalue weighted by atomic mass is 10.1. The van der Waals surface area contributed by atoms with Gasteiger partial charge < -0.3 is 5.11 Å². The number of aliphatic hydroxyl groups excluding tert-OH is 1. The van der Waals surface area contributed by atoms with E-state index in [0.717, 1.165) is 24.8 Å². The molecule has 1 N–H and O–H groups in total. The maximum Gasteiger partial charge on any atom is 0.0947 e. The molecule has 0 spiro atoms. The van der Waals surface area contributed by atoms with Crippen molar-refractivity contribution in [2.24, 2.45) is 0 Å². The van der Waals surface area contributed by atoms with Crippen LogP contribution in [0.15, 0.2) is 18.3 Å². The Bertz CT molecular complexity index is 210. The molecule has 0 bridgehead atoms. The smallest absolute Gasteiger partial charge is 0.0947 e. The lowest BCUT2D eigenvalue weighted by Gasteiger charge is -2.07. The summed E-state index contributed by atoms with van der Waals surface area (Å²) in [7, 11) is 0. The fourth-order valence-corrected chi connectivity index (χ4v) is 1.08. The fraction of sp³-hybridized carbons (Fsp3) is 0.500. The number of rotatable bonds is 4. The zero-order chi connectivity index (χ0) is 8.81. The maximum atomic E-state index is 9.58. The molecule has 1 atom stereocenters. The molecule has 65 valence electrons. The Labute approximate surface area is 73.3 Å². The van der Waals surface area contributed by atoms with Crippen molar-refractivity contribution in [3.63, 3.8) is 0 Å². The maximum absolute atomic E-state index is 9.58. The molecule has 0 saturated heterocycles. The second-order valence-electron chi connectivity index (χ2n) is 2.86. The van der Waals surface area contributed by atoms with E-state index in [2.05, 4.69) is 18.1 Å². The van der Waals surface area contributed by atoms with Crippen molar-refractivity contribution in [3.8, 4) is 0 Å². The van der Waals surface area contributed by atoms with Crippen LogP contribution >= 0.6 is 0 Å². The highest BCUT2D eigenvalue weighted by Crippen LogP contribution is 2.16. The van der Waals surface area contributed by atoms with Crippen LogP contribution in [0.4, 0.5) is 0 Å². The van der Waals surface area contributed by atoms with Crippen LogP contribution in [0.3, 0.4) is 0 Å². The first-order valence-electron chi connectivity index (χ1n) is 4.35. The Morgan fingerprint density at radius 2 is 2.50 bits per heavy atom. The quantitative estimate of drug-likeness (QED) is 0.739. The van der Waals surface area contributed by atoms with E-state index in [0.29, 0.717) is 0 Å². The number of aliphatic hydroxyl groups is 1. The molecule has 0 aromatic carbocycles. The highest BCUT2D eigenvalue weighted by molar-refractivity contribution is 5.09. The molecule has 1 aromatic heterocycles. The number of pyridine rings is 1. The van der Waals surface area contributed by atoms with Crippen LogP contribution in [-0.4, -0.2) is 10.1 Å². The first-order chi connectivity index (χ1) is 5.84. The van der Waals surface area contributed by atoms with E-state index < -0.39 is 6.10 Å². The number of hydrogen-bond acceptors (Lipinski definition) is 2. The molecule has 1 rings (SSSR count). The monoisotopic (exact) mass is 164 g/mol. The topological polar surface area (TPSA) is 33.1 Å². The van der Waals surface area contributed by atoms with Gasteiger partial charge in [-0.05, 0) is 12.5 Å². The largest absolute Gasteiger partial charge is 0.388 e. The van der Waals surface area contributed by atoms with Crippen molar-refractivity contribution >= 4 is 0 Å². The summed E-state index contributed by atoms with van der Waals surface area (Å²) in [6.45, 7) is 2.11. The Morgan fingerprint density at radius 3 is 3.08 bits per heavy atom. The Morgan fingerprint density at radius 1 is 1.67 bits per heavy atom. The van der Waals surface area contributed by atoms with Crippen LogP contribution < -0.4 is 0 Å². The van der Waals surface area contributed by atoms with Crippen LogP contribution in [-0.2, 0) is 0 Å². The van der Waals surface area contributed by atoms with Gasteiger partial charge in [0.25, 0.3) is 0 Å². The van der Waals surface area contributed by atoms with Gasteiger partial charge in [-0.1, -0.05) is 25.8 Å². The summed E-state index contributed by atoms with van der Waals surface area (Å²) in [5.41, 5.74) is 0.797. The average molecular weight is 164 g/mol. The molecule has 1 heterocycles. The van der Waals surface area contributed by atoms with E-state index in [4.69, 9.17) is 0 Å². The molecular weight excluding hydrogens is 150 g/mol. The van der Waals surface area contributed by atoms with E-state index in [1.165, 1.54) is 0 Å². The van der Waals surface area contributed by atoms with Crippen molar-refractivity contribution in [1.29, 1.82) is 0 Å². The van der Waals surface area contributed by atoms with E-state index in [-0.39, 0.29) is 0 Å². The van der Waals surface area contributed by atoms with Crippen molar-refractivity contribution in [2.45, 2.75) is 32.3 Å². The second kappa shape index (κ2) is 4.88. The molecule has 2 heteroatoms. The molecule has 0 aliphatic carbocycles. The molecule has 2 nitrogen and oxygen atoms in total. The summed E-state index contributed by atoms with van der Waals surface area (Å²) >= 11 is 0. The van der Waals surface area contributed by atoms with Gasteiger partial charge in [-0.3, -0.25) is 4.98 Å². The first-order valence-corrected chi connectivity index (χ1v) is 4.35. The third-order valence-corrected chi connectivity index (χ3v) is 1.82. The van der Waals surface area contributed by atoms with Gasteiger partial charge in [-0.25, -0.2) is 0 Å². The normalized spacial score (nSPS) is 12.8. The van der Waals surface area contributed by atoms with E-state index in [1.54, 1.807) is 6.20 Å². The summed E-state index contributed by atoms with van der Waals surface area (Å²) in [5.74, 6) is 0. The van der Waals surface area contributed by atoms with E-state index >= 15 is 0 Å². The lowest BCUT2D eigenvalue weighted by molar-refractivity contribution is 0.163. The molecule has 1 aromatic rings. The number of nitrogens with zero attached hydrogens (tertiary/aromatic N) is 1. The molecule has 0 aliphatic rings. The molecule has 1 radical (unpaired) electrons. The van der Waals surface area contributed by atoms with E-state index in [1.807, 2.05) is 12.1 Å². The van der Waals surface area contributed by atoms with Gasteiger partial charge in [0.15, 0.2) is 0 Å². The van der Waals surface area contributed by atoms with Gasteiger partial charge in [0.2, 0.25) is 0 Å². The number of unbranched alkanes of at least 4 members (excludes halogenated alkanes) is 1. The summed E-state index contributed by atoms with van der Waals surface area (Å²) < 4.78 is 0. The predicted octanol–water partition coefficient (Wildman–Crippen LogP) is 2.11. The fourth-order valence-electron chi connectivity index (χ4n) is 1.08. The molecule has 1 unspecified atom stereocenters. The zero-order valence-electron chi connectivity index (χ0n) is 7.33. The van der Waals surface area contributed by atoms with Crippen LogP contribution in [0.1, 0.15) is 37.9 Å². The summed E-state index contributed by atoms with van der Waals surface area (Å²) in [6, 6.07) is 3.67. The van der Waals surface area contributed by atoms with Crippen LogP contribution in [0.25, 0.3) is 0 Å². The van der Waals surface area contributed by atoms with Crippen molar-refractivity contribution < 1.29 is 5.11 Å². The van der Waals surface area contributed by atoms with Gasteiger partial charge in [0.05, 0.1) is 12.3 Å². The first kappa shape index (κ1) is 9.20. The minimum absolute atomic E-state index is 0.390. The molecular formula is C10H14NO. The van der Waals surface area contributed by atoms with Crippen LogP contribution in [0.5, 0.6) is 0 Å². The predicted molar refractivity (Wildman–Crippen MR) is 47.6 cm³/mol. The van der Waals surface area contributed by atoms with Gasteiger partial charge >= 0.3 is 0 Å². The summed E-state index contributed by atoms with van der Waals surface area (Å²) in [5, 5.41) is 9.58. The second-order valence-corrected chi connectivity index (χ2v) is 2.86. The van der Waals surface area contributed by atoms with Gasteiger partial charge in [-0.2, -0.15) is 0 Å². The van der Waals surface area contributed by atoms with Crippen molar-refractivity contribution in [1.82, 2.24) is 4.98 Å². The zero-order valence-corrected chi connectivity index (χ0v) is 7.33. The summed E-state index contributed by atoms with van der Waals surface area (Å²) in [4.78, 5) is 3.83. The number of hydrogen-bond donors (Lipinski definition) is 1. The summed E-state index contributed by atoms with van der Waals surface area (Å²) in [6.07, 6.45) is 7.01. The van der Waals surface area contributed by atoms with Crippen LogP contribution in [0, 0.1) is 6.20 Å². The molecule has 0 fully saturated rings. The van der Waals surface area contributed by atoms with Crippen LogP contribution in [0.2, 0.25) is 0 Å². The molecule has 12 heavy (non-hydrogen) atoms. The van der Waals surface area contributed by atoms with Gasteiger partial charge in [0, 0.05) is 11.8 Å². The average Bonchev–Trinajstić information content (AvgIpc) is 2.15. The minimum Gasteiger partial charge on any atom is -0.388 e. The molecule has 0 amide bonds. The molecule has 0 saturated carbocycles. The third-order valence-electron chi connectivity index (χ3n) is 1.82. The lowest BCUT2D eigenvalue weighted by Crippen LogP contribution is -1.97. The third kappa shape index (κ3) is 2.62. The highest BCUT2D eigenvalue weighted by Gasteiger charge is 2.05. The SMILES string of the molecule is CCCCC(O)c1[c]nccc1. The Kier molecular flexibility index (Phi) is 3.74. The van der Waals surface area contributed by atoms with Gasteiger partial charge in [0.1, 0.15) is 0 Å². The van der Waals surface area contributed by atoms with Gasteiger partial charge in [-0.15, -0.1) is 0 Å². The minimum atomic E-state index is -0.390. The Balaban J connectivity index is 2.48. The highest BCUT2D eigenvalue weighted by atomic mass is 16.3. The standard InChI is InChI=1S/C10H14NO/c1-2-3-6-10(12)9-5-4-7-11-8-9/h4-5,7,10,12H,2-3,6H2,1H3.